The van der Waals surface area contributed by atoms with Gasteiger partial charge < -0.3 is 14.2 Å². The summed E-state index contributed by atoms with van der Waals surface area (Å²) in [5.74, 6) is 0.263. The molecule has 0 amide bonds. The van der Waals surface area contributed by atoms with Gasteiger partial charge in [-0.3, -0.25) is 4.79 Å². The van der Waals surface area contributed by atoms with Crippen LogP contribution in [0.2, 0.25) is 0 Å². The fraction of sp³-hybridized carbons (Fsp3) is 0.350. The predicted molar refractivity (Wildman–Crippen MR) is 93.8 cm³/mol. The highest BCUT2D eigenvalue weighted by Crippen LogP contribution is 2.31. The van der Waals surface area contributed by atoms with E-state index in [-0.39, 0.29) is 24.7 Å². The molecule has 0 aromatic heterocycles. The van der Waals surface area contributed by atoms with Crippen LogP contribution in [-0.4, -0.2) is 13.1 Å². The van der Waals surface area contributed by atoms with Crippen LogP contribution in [0.15, 0.2) is 30.3 Å². The van der Waals surface area contributed by atoms with E-state index in [0.717, 1.165) is 17.5 Å². The molecule has 0 aliphatic heterocycles. The minimum Gasteiger partial charge on any atom is -0.496 e. The van der Waals surface area contributed by atoms with Crippen LogP contribution < -0.4 is 14.2 Å². The van der Waals surface area contributed by atoms with Crippen molar-refractivity contribution >= 4 is 5.97 Å². The van der Waals surface area contributed by atoms with Crippen molar-refractivity contribution in [2.45, 2.75) is 40.2 Å². The molecule has 0 radical (unpaired) electrons. The molecule has 0 N–H and O–H groups in total. The smallest absolute Gasteiger partial charge is 0.310 e. The molecule has 0 spiro atoms. The Morgan fingerprint density at radius 1 is 1.12 bits per heavy atom. The van der Waals surface area contributed by atoms with Gasteiger partial charge in [-0.25, -0.2) is 4.39 Å². The van der Waals surface area contributed by atoms with Crippen LogP contribution in [0.1, 0.15) is 37.0 Å². The predicted octanol–water partition coefficient (Wildman–Crippen LogP) is 4.60. The standard InChI is InChI=1S/C20H23FO4/c1-5-14-11-16(21)19(10-13(14)3)24-12-15-17(23-4)8-7-9-18(15)25-20(22)6-2/h7-11H,5-6,12H2,1-4H3. The van der Waals surface area contributed by atoms with Crippen LogP contribution in [0.4, 0.5) is 4.39 Å². The number of halogens is 1. The molecule has 134 valence electrons. The van der Waals surface area contributed by atoms with Gasteiger partial charge >= 0.3 is 5.97 Å². The van der Waals surface area contributed by atoms with Crippen molar-refractivity contribution in [2.24, 2.45) is 0 Å². The van der Waals surface area contributed by atoms with Crippen LogP contribution in [0.25, 0.3) is 0 Å². The molecule has 0 saturated heterocycles. The van der Waals surface area contributed by atoms with Crippen molar-refractivity contribution in [3.05, 3.63) is 52.8 Å². The van der Waals surface area contributed by atoms with Crippen molar-refractivity contribution in [3.8, 4) is 17.2 Å². The van der Waals surface area contributed by atoms with Crippen molar-refractivity contribution in [2.75, 3.05) is 7.11 Å². The Morgan fingerprint density at radius 2 is 1.84 bits per heavy atom. The van der Waals surface area contributed by atoms with E-state index in [1.54, 1.807) is 31.2 Å². The van der Waals surface area contributed by atoms with Gasteiger partial charge in [0.05, 0.1) is 12.7 Å². The van der Waals surface area contributed by atoms with E-state index in [4.69, 9.17) is 14.2 Å². The quantitative estimate of drug-likeness (QED) is 0.543. The molecular weight excluding hydrogens is 323 g/mol. The van der Waals surface area contributed by atoms with Crippen LogP contribution in [0.3, 0.4) is 0 Å². The lowest BCUT2D eigenvalue weighted by molar-refractivity contribution is -0.134. The molecule has 0 fully saturated rings. The Kier molecular flexibility index (Phi) is 6.39. The maximum absolute atomic E-state index is 14.2. The van der Waals surface area contributed by atoms with E-state index in [1.165, 1.54) is 13.2 Å². The Labute approximate surface area is 147 Å². The number of aryl methyl sites for hydroxylation is 2. The molecule has 0 aliphatic rings. The summed E-state index contributed by atoms with van der Waals surface area (Å²) in [7, 11) is 1.52. The zero-order chi connectivity index (χ0) is 18.4. The highest BCUT2D eigenvalue weighted by Gasteiger charge is 2.15. The van der Waals surface area contributed by atoms with Crippen LogP contribution in [0.5, 0.6) is 17.2 Å². The molecule has 0 aliphatic carbocycles. The van der Waals surface area contributed by atoms with Gasteiger partial charge in [-0.1, -0.05) is 19.9 Å². The van der Waals surface area contributed by atoms with Gasteiger partial charge in [0.2, 0.25) is 0 Å². The Balaban J connectivity index is 2.28. The van der Waals surface area contributed by atoms with Gasteiger partial charge in [0.25, 0.3) is 0 Å². The number of esters is 1. The van der Waals surface area contributed by atoms with E-state index in [9.17, 15) is 9.18 Å². The first kappa shape index (κ1) is 18.8. The lowest BCUT2D eigenvalue weighted by Gasteiger charge is -2.15. The van der Waals surface area contributed by atoms with Gasteiger partial charge in [-0.2, -0.15) is 0 Å². The molecule has 0 unspecified atom stereocenters. The summed E-state index contributed by atoms with van der Waals surface area (Å²) in [6.45, 7) is 5.64. The summed E-state index contributed by atoms with van der Waals surface area (Å²) in [6, 6.07) is 8.30. The minimum atomic E-state index is -0.413. The minimum absolute atomic E-state index is 0.0260. The summed E-state index contributed by atoms with van der Waals surface area (Å²) in [4.78, 5) is 11.6. The third-order valence-electron chi connectivity index (χ3n) is 3.97. The zero-order valence-electron chi connectivity index (χ0n) is 15.0. The third-order valence-corrected chi connectivity index (χ3v) is 3.97. The third kappa shape index (κ3) is 4.50. The van der Waals surface area contributed by atoms with Gasteiger partial charge in [-0.15, -0.1) is 0 Å². The number of benzene rings is 2. The Hall–Kier alpha value is -2.56. The molecule has 0 bridgehead atoms. The first-order valence-corrected chi connectivity index (χ1v) is 8.28. The van der Waals surface area contributed by atoms with Crippen molar-refractivity contribution < 1.29 is 23.4 Å². The maximum Gasteiger partial charge on any atom is 0.310 e. The molecule has 0 saturated carbocycles. The van der Waals surface area contributed by atoms with Gasteiger partial charge in [0.15, 0.2) is 11.6 Å². The number of rotatable bonds is 7. The van der Waals surface area contributed by atoms with E-state index in [0.29, 0.717) is 17.1 Å². The second-order valence-corrected chi connectivity index (χ2v) is 5.62. The van der Waals surface area contributed by atoms with Gasteiger partial charge in [-0.05, 0) is 48.7 Å². The Bertz CT molecular complexity index is 756. The van der Waals surface area contributed by atoms with E-state index in [1.807, 2.05) is 13.8 Å². The fourth-order valence-corrected chi connectivity index (χ4v) is 2.51. The maximum atomic E-state index is 14.2. The lowest BCUT2D eigenvalue weighted by Crippen LogP contribution is -2.10. The average molecular weight is 346 g/mol. The number of hydrogen-bond acceptors (Lipinski definition) is 4. The van der Waals surface area contributed by atoms with Crippen molar-refractivity contribution in [3.63, 3.8) is 0 Å². The molecular formula is C20H23FO4. The second kappa shape index (κ2) is 8.51. The highest BCUT2D eigenvalue weighted by molar-refractivity contribution is 5.72. The number of carbonyl (C=O) groups excluding carboxylic acids is 1. The van der Waals surface area contributed by atoms with E-state index >= 15 is 0 Å². The van der Waals surface area contributed by atoms with Crippen molar-refractivity contribution in [1.29, 1.82) is 0 Å². The van der Waals surface area contributed by atoms with Gasteiger partial charge in [0.1, 0.15) is 18.1 Å². The second-order valence-electron chi connectivity index (χ2n) is 5.62. The zero-order valence-corrected chi connectivity index (χ0v) is 15.0. The monoisotopic (exact) mass is 346 g/mol. The van der Waals surface area contributed by atoms with Crippen LogP contribution >= 0.6 is 0 Å². The Morgan fingerprint density at radius 3 is 2.48 bits per heavy atom. The summed E-state index contributed by atoms with van der Waals surface area (Å²) in [5.41, 5.74) is 2.47. The SMILES string of the molecule is CCC(=O)Oc1cccc(OC)c1COc1cc(C)c(CC)cc1F. The molecule has 2 rings (SSSR count). The normalized spacial score (nSPS) is 10.4. The highest BCUT2D eigenvalue weighted by atomic mass is 19.1. The fourth-order valence-electron chi connectivity index (χ4n) is 2.51. The molecule has 2 aromatic rings. The summed E-state index contributed by atoms with van der Waals surface area (Å²) in [5, 5.41) is 0. The van der Waals surface area contributed by atoms with Crippen LogP contribution in [0, 0.1) is 12.7 Å². The lowest BCUT2D eigenvalue weighted by atomic mass is 10.1. The first-order chi connectivity index (χ1) is 12.0. The average Bonchev–Trinajstić information content (AvgIpc) is 2.62. The molecule has 2 aromatic carbocycles. The van der Waals surface area contributed by atoms with Gasteiger partial charge in [0, 0.05) is 6.42 Å². The number of ether oxygens (including phenoxy) is 3. The summed E-state index contributed by atoms with van der Waals surface area (Å²) < 4.78 is 30.5. The van der Waals surface area contributed by atoms with E-state index in [2.05, 4.69) is 0 Å². The largest absolute Gasteiger partial charge is 0.496 e. The number of hydrogen-bond donors (Lipinski definition) is 0. The molecule has 4 nitrogen and oxygen atoms in total. The first-order valence-electron chi connectivity index (χ1n) is 8.28. The molecule has 25 heavy (non-hydrogen) atoms. The summed E-state index contributed by atoms with van der Waals surface area (Å²) in [6.07, 6.45) is 1.01. The number of methoxy groups -OCH3 is 1. The number of carbonyl (C=O) groups is 1. The molecule has 5 heteroatoms. The van der Waals surface area contributed by atoms with E-state index < -0.39 is 5.82 Å². The topological polar surface area (TPSA) is 44.8 Å². The molecule has 0 atom stereocenters. The molecule has 0 heterocycles. The summed E-state index contributed by atoms with van der Waals surface area (Å²) >= 11 is 0. The van der Waals surface area contributed by atoms with Crippen molar-refractivity contribution in [1.82, 2.24) is 0 Å². The van der Waals surface area contributed by atoms with Crippen LogP contribution in [-0.2, 0) is 17.8 Å².